The summed E-state index contributed by atoms with van der Waals surface area (Å²) in [6.07, 6.45) is 13.3. The molecule has 3 rings (SSSR count). The number of unbranched alkanes of at least 4 members (excludes halogenated alkanes) is 6. The van der Waals surface area contributed by atoms with Crippen LogP contribution in [0.1, 0.15) is 90.9 Å². The molecule has 0 radical (unpaired) electrons. The molecule has 0 amide bonds. The molecule has 196 valence electrons. The second-order valence-corrected chi connectivity index (χ2v) is 14.6. The van der Waals surface area contributed by atoms with Crippen LogP contribution in [-0.4, -0.2) is 32.6 Å². The largest absolute Gasteiger partial charge is 0.424 e. The lowest BCUT2D eigenvalue weighted by atomic mass is 10.0. The Morgan fingerprint density at radius 2 is 1.42 bits per heavy atom. The molecule has 0 aliphatic carbocycles. The Kier molecular flexibility index (Phi) is 12.2. The molecule has 0 spiro atoms. The van der Waals surface area contributed by atoms with E-state index in [0.717, 1.165) is 75.0 Å². The van der Waals surface area contributed by atoms with Gasteiger partial charge in [-0.25, -0.2) is 0 Å². The molecule has 0 aromatic heterocycles. The number of rotatable bonds is 14. The summed E-state index contributed by atoms with van der Waals surface area (Å²) < 4.78 is 11.4. The zero-order valence-corrected chi connectivity index (χ0v) is 23.5. The molecule has 1 atom stereocenters. The predicted molar refractivity (Wildman–Crippen MR) is 153 cm³/mol. The fraction of sp³-hybridized carbons (Fsp3) is 0.562. The highest BCUT2D eigenvalue weighted by atomic mass is 28.4. The molecule has 1 aliphatic rings. The van der Waals surface area contributed by atoms with Crippen molar-refractivity contribution in [1.82, 2.24) is 0 Å². The van der Waals surface area contributed by atoms with Gasteiger partial charge in [0.05, 0.1) is 0 Å². The first-order chi connectivity index (χ1) is 17.5. The van der Waals surface area contributed by atoms with Gasteiger partial charge in [0.15, 0.2) is 6.29 Å². The summed E-state index contributed by atoms with van der Waals surface area (Å²) in [5.74, 6) is 6.68. The molecule has 0 saturated carbocycles. The van der Waals surface area contributed by atoms with Gasteiger partial charge in [0, 0.05) is 26.1 Å². The molecule has 1 saturated heterocycles. The Morgan fingerprint density at radius 3 is 2.00 bits per heavy atom. The van der Waals surface area contributed by atoms with Gasteiger partial charge >= 0.3 is 0 Å². The molecule has 1 fully saturated rings. The molecule has 1 N–H and O–H groups in total. The van der Waals surface area contributed by atoms with Crippen molar-refractivity contribution >= 4 is 18.7 Å². The van der Waals surface area contributed by atoms with Crippen molar-refractivity contribution in [3.8, 4) is 11.8 Å². The summed E-state index contributed by atoms with van der Waals surface area (Å²) in [6.45, 7) is 6.16. The third-order valence-corrected chi connectivity index (χ3v) is 12.0. The van der Waals surface area contributed by atoms with Gasteiger partial charge in [-0.15, -0.1) is 11.8 Å². The number of hydrogen-bond donors (Lipinski definition) is 1. The molecule has 1 unspecified atom stereocenters. The standard InChI is InChI=1S/C32H46O3Si/c1-32(2,36(33,29-21-13-11-14-22-29)30-23-15-12-16-24-30)26-18-9-7-5-3-4-6-8-10-19-27-34-31-25-17-20-28-35-31/h11-16,21-24,31,33H,3,5,7-10,17-20,25-28H2,1-2H3. The monoisotopic (exact) mass is 506 g/mol. The van der Waals surface area contributed by atoms with E-state index in [0.29, 0.717) is 0 Å². The highest BCUT2D eigenvalue weighted by molar-refractivity contribution is 6.98. The Balaban J connectivity index is 1.32. The van der Waals surface area contributed by atoms with Crippen molar-refractivity contribution in [3.63, 3.8) is 0 Å². The summed E-state index contributed by atoms with van der Waals surface area (Å²) in [5.41, 5.74) is 0. The molecule has 2 aromatic carbocycles. The van der Waals surface area contributed by atoms with Crippen LogP contribution < -0.4 is 10.4 Å². The van der Waals surface area contributed by atoms with Crippen LogP contribution in [0.3, 0.4) is 0 Å². The van der Waals surface area contributed by atoms with Gasteiger partial charge in [-0.2, -0.15) is 0 Å². The quantitative estimate of drug-likeness (QED) is 0.179. The lowest BCUT2D eigenvalue weighted by molar-refractivity contribution is -0.162. The van der Waals surface area contributed by atoms with Crippen LogP contribution in [0.15, 0.2) is 60.7 Å². The maximum Gasteiger partial charge on any atom is 0.258 e. The third-order valence-electron chi connectivity index (χ3n) is 7.48. The normalized spacial score (nSPS) is 16.4. The lowest BCUT2D eigenvalue weighted by Crippen LogP contribution is -2.65. The minimum absolute atomic E-state index is 0.0308. The highest BCUT2D eigenvalue weighted by Gasteiger charge is 2.49. The molecule has 0 bridgehead atoms. The van der Waals surface area contributed by atoms with Gasteiger partial charge in [0.25, 0.3) is 8.32 Å². The van der Waals surface area contributed by atoms with E-state index in [4.69, 9.17) is 9.47 Å². The van der Waals surface area contributed by atoms with E-state index in [2.05, 4.69) is 50.0 Å². The molecule has 36 heavy (non-hydrogen) atoms. The summed E-state index contributed by atoms with van der Waals surface area (Å²) >= 11 is 0. The van der Waals surface area contributed by atoms with Gasteiger partial charge in [0.2, 0.25) is 0 Å². The van der Waals surface area contributed by atoms with Crippen LogP contribution in [-0.2, 0) is 9.47 Å². The Morgan fingerprint density at radius 1 is 0.833 bits per heavy atom. The van der Waals surface area contributed by atoms with E-state index in [-0.39, 0.29) is 11.3 Å². The summed E-state index contributed by atoms with van der Waals surface area (Å²) in [5, 5.41) is 2.05. The smallest absolute Gasteiger partial charge is 0.258 e. The predicted octanol–water partition coefficient (Wildman–Crippen LogP) is 6.58. The topological polar surface area (TPSA) is 38.7 Å². The minimum Gasteiger partial charge on any atom is -0.424 e. The van der Waals surface area contributed by atoms with Crippen molar-refractivity contribution in [2.45, 2.75) is 102 Å². The summed E-state index contributed by atoms with van der Waals surface area (Å²) in [4.78, 5) is 12.2. The Hall–Kier alpha value is -1.90. The fourth-order valence-corrected chi connectivity index (χ4v) is 8.96. The molecule has 1 aliphatic heterocycles. The van der Waals surface area contributed by atoms with Crippen molar-refractivity contribution in [2.24, 2.45) is 0 Å². The van der Waals surface area contributed by atoms with Crippen molar-refractivity contribution in [2.75, 3.05) is 13.2 Å². The van der Waals surface area contributed by atoms with Crippen LogP contribution in [0.5, 0.6) is 0 Å². The van der Waals surface area contributed by atoms with E-state index in [1.165, 1.54) is 25.7 Å². The number of benzene rings is 2. The molecular weight excluding hydrogens is 460 g/mol. The zero-order chi connectivity index (χ0) is 25.5. The van der Waals surface area contributed by atoms with Crippen molar-refractivity contribution in [3.05, 3.63) is 60.7 Å². The molecule has 4 heteroatoms. The second-order valence-electron chi connectivity index (χ2n) is 10.7. The van der Waals surface area contributed by atoms with E-state index >= 15 is 0 Å². The zero-order valence-electron chi connectivity index (χ0n) is 22.5. The molecule has 2 aromatic rings. The van der Waals surface area contributed by atoms with Crippen LogP contribution >= 0.6 is 0 Å². The lowest BCUT2D eigenvalue weighted by Gasteiger charge is -2.41. The minimum atomic E-state index is -2.88. The van der Waals surface area contributed by atoms with Crippen molar-refractivity contribution < 1.29 is 14.3 Å². The van der Waals surface area contributed by atoms with Gasteiger partial charge in [-0.1, -0.05) is 93.8 Å². The van der Waals surface area contributed by atoms with Gasteiger partial charge in [-0.3, -0.25) is 0 Å². The molecular formula is C32H46O3Si. The fourth-order valence-electron chi connectivity index (χ4n) is 5.17. The Bertz CT molecular complexity index is 871. The third kappa shape index (κ3) is 8.59. The van der Waals surface area contributed by atoms with Gasteiger partial charge < -0.3 is 14.3 Å². The second kappa shape index (κ2) is 15.4. The highest BCUT2D eigenvalue weighted by Crippen LogP contribution is 2.40. The van der Waals surface area contributed by atoms with Crippen molar-refractivity contribution in [1.29, 1.82) is 0 Å². The van der Waals surface area contributed by atoms with Gasteiger partial charge in [-0.05, 0) is 60.4 Å². The maximum absolute atomic E-state index is 12.2. The summed E-state index contributed by atoms with van der Waals surface area (Å²) in [6, 6.07) is 20.7. The first kappa shape index (κ1) is 28.7. The SMILES string of the molecule is CC(C)(CCCCCCC#CCCCCOC1CCCCO1)[Si](O)(c1ccccc1)c1ccccc1. The van der Waals surface area contributed by atoms with E-state index in [1.54, 1.807) is 0 Å². The van der Waals surface area contributed by atoms with Crippen LogP contribution in [0.2, 0.25) is 5.04 Å². The first-order valence-electron chi connectivity index (χ1n) is 14.1. The van der Waals surface area contributed by atoms with E-state index < -0.39 is 8.32 Å². The van der Waals surface area contributed by atoms with Gasteiger partial charge in [0.1, 0.15) is 0 Å². The van der Waals surface area contributed by atoms with E-state index in [9.17, 15) is 4.80 Å². The number of hydrogen-bond acceptors (Lipinski definition) is 3. The van der Waals surface area contributed by atoms with Crippen LogP contribution in [0, 0.1) is 11.8 Å². The first-order valence-corrected chi connectivity index (χ1v) is 16.0. The average molecular weight is 507 g/mol. The van der Waals surface area contributed by atoms with Crippen LogP contribution in [0.4, 0.5) is 0 Å². The maximum atomic E-state index is 12.2. The molecule has 3 nitrogen and oxygen atoms in total. The van der Waals surface area contributed by atoms with Crippen LogP contribution in [0.25, 0.3) is 0 Å². The summed E-state index contributed by atoms with van der Waals surface area (Å²) in [7, 11) is -2.88. The molecule has 1 heterocycles. The number of ether oxygens (including phenoxy) is 2. The van der Waals surface area contributed by atoms with E-state index in [1.807, 2.05) is 36.4 Å². The Labute approximate surface area is 220 Å². The average Bonchev–Trinajstić information content (AvgIpc) is 2.92.